The van der Waals surface area contributed by atoms with E-state index in [1.54, 1.807) is 12.1 Å². The number of anilines is 1. The van der Waals surface area contributed by atoms with E-state index in [4.69, 9.17) is 5.73 Å². The lowest BCUT2D eigenvalue weighted by atomic mass is 10.2. The Bertz CT molecular complexity index is 509. The second-order valence-electron chi connectivity index (χ2n) is 5.02. The first-order valence-corrected chi connectivity index (χ1v) is 8.47. The Labute approximate surface area is 122 Å². The van der Waals surface area contributed by atoms with Crippen LogP contribution in [0.2, 0.25) is 0 Å². The summed E-state index contributed by atoms with van der Waals surface area (Å²) < 4.78 is 27.4. The van der Waals surface area contributed by atoms with Crippen molar-refractivity contribution in [3.63, 3.8) is 0 Å². The maximum absolute atomic E-state index is 12.4. The van der Waals surface area contributed by atoms with Gasteiger partial charge in [-0.05, 0) is 32.4 Å². The largest absolute Gasteiger partial charge is 0.369 e. The summed E-state index contributed by atoms with van der Waals surface area (Å²) in [4.78, 5) is 2.34. The summed E-state index contributed by atoms with van der Waals surface area (Å²) in [6.07, 6.45) is 0.936. The van der Waals surface area contributed by atoms with Gasteiger partial charge in [0.2, 0.25) is 10.0 Å². The summed E-state index contributed by atoms with van der Waals surface area (Å²) in [6.45, 7) is 7.60. The van der Waals surface area contributed by atoms with Gasteiger partial charge in [-0.2, -0.15) is 0 Å². The molecule has 5 nitrogen and oxygen atoms in total. The summed E-state index contributed by atoms with van der Waals surface area (Å²) in [7, 11) is -3.50. The molecule has 0 atom stereocenters. The van der Waals surface area contributed by atoms with Gasteiger partial charge in [0.25, 0.3) is 0 Å². The van der Waals surface area contributed by atoms with Gasteiger partial charge in [0.05, 0.1) is 5.69 Å². The lowest BCUT2D eigenvalue weighted by molar-refractivity contribution is 0.569. The maximum atomic E-state index is 12.4. The molecule has 0 radical (unpaired) electrons. The average molecular weight is 299 g/mol. The Balaban J connectivity index is 3.21. The standard InChI is InChI=1S/C14H25N3O2S/c1-4-10-17(11-9-15)13-7-5-6-8-14(13)20(18,19)16-12(2)3/h5-8,12,16H,4,9-11,15H2,1-3H3. The van der Waals surface area contributed by atoms with Gasteiger partial charge in [-0.15, -0.1) is 0 Å². The third-order valence-corrected chi connectivity index (χ3v) is 4.48. The van der Waals surface area contributed by atoms with Crippen LogP contribution in [-0.4, -0.2) is 34.1 Å². The first-order valence-electron chi connectivity index (χ1n) is 6.98. The van der Waals surface area contributed by atoms with Crippen LogP contribution in [0.5, 0.6) is 0 Å². The summed E-state index contributed by atoms with van der Waals surface area (Å²) in [6, 6.07) is 6.93. The quantitative estimate of drug-likeness (QED) is 0.763. The van der Waals surface area contributed by atoms with Crippen molar-refractivity contribution in [3.05, 3.63) is 24.3 Å². The number of para-hydroxylation sites is 1. The Morgan fingerprint density at radius 1 is 1.25 bits per heavy atom. The topological polar surface area (TPSA) is 75.4 Å². The van der Waals surface area contributed by atoms with Crippen LogP contribution in [0.4, 0.5) is 5.69 Å². The van der Waals surface area contributed by atoms with Crippen molar-refractivity contribution in [2.75, 3.05) is 24.5 Å². The SMILES string of the molecule is CCCN(CCN)c1ccccc1S(=O)(=O)NC(C)C. The number of hydrogen-bond donors (Lipinski definition) is 2. The zero-order valence-corrected chi connectivity index (χ0v) is 13.3. The minimum Gasteiger partial charge on any atom is -0.369 e. The second kappa shape index (κ2) is 7.61. The Morgan fingerprint density at radius 2 is 1.90 bits per heavy atom. The Kier molecular flexibility index (Phi) is 6.45. The molecule has 1 rings (SSSR count). The highest BCUT2D eigenvalue weighted by atomic mass is 32.2. The predicted octanol–water partition coefficient (Wildman–Crippen LogP) is 1.55. The first-order chi connectivity index (χ1) is 9.42. The fourth-order valence-electron chi connectivity index (χ4n) is 2.10. The lowest BCUT2D eigenvalue weighted by Gasteiger charge is -2.26. The molecule has 0 saturated heterocycles. The van der Waals surface area contributed by atoms with E-state index in [1.165, 1.54) is 0 Å². The fraction of sp³-hybridized carbons (Fsp3) is 0.571. The molecule has 0 saturated carbocycles. The van der Waals surface area contributed by atoms with Crippen molar-refractivity contribution in [2.24, 2.45) is 5.73 Å². The zero-order valence-electron chi connectivity index (χ0n) is 12.5. The molecule has 0 aromatic heterocycles. The number of sulfonamides is 1. The molecule has 0 unspecified atom stereocenters. The third-order valence-electron chi connectivity index (χ3n) is 2.78. The van der Waals surface area contributed by atoms with Crippen LogP contribution in [0.25, 0.3) is 0 Å². The van der Waals surface area contributed by atoms with Crippen LogP contribution in [0.3, 0.4) is 0 Å². The van der Waals surface area contributed by atoms with Crippen molar-refractivity contribution < 1.29 is 8.42 Å². The molecule has 20 heavy (non-hydrogen) atoms. The van der Waals surface area contributed by atoms with Crippen LogP contribution in [0.15, 0.2) is 29.2 Å². The molecule has 0 aliphatic carbocycles. The summed E-state index contributed by atoms with van der Waals surface area (Å²) in [5, 5.41) is 0. The molecule has 1 aromatic rings. The van der Waals surface area contributed by atoms with Crippen molar-refractivity contribution >= 4 is 15.7 Å². The molecule has 0 heterocycles. The molecule has 1 aromatic carbocycles. The predicted molar refractivity (Wildman–Crippen MR) is 83.5 cm³/mol. The fourth-order valence-corrected chi connectivity index (χ4v) is 3.58. The van der Waals surface area contributed by atoms with Crippen molar-refractivity contribution in [1.29, 1.82) is 0 Å². The normalized spacial score (nSPS) is 11.8. The number of benzene rings is 1. The van der Waals surface area contributed by atoms with E-state index in [0.717, 1.165) is 13.0 Å². The Hall–Kier alpha value is -1.11. The molecule has 0 bridgehead atoms. The number of nitrogens with zero attached hydrogens (tertiary/aromatic N) is 1. The van der Waals surface area contributed by atoms with E-state index in [-0.39, 0.29) is 6.04 Å². The molecule has 0 amide bonds. The summed E-state index contributed by atoms with van der Waals surface area (Å²) in [5.74, 6) is 0. The molecule has 3 N–H and O–H groups in total. The molecule has 0 fully saturated rings. The van der Waals surface area contributed by atoms with Crippen LogP contribution < -0.4 is 15.4 Å². The average Bonchev–Trinajstić information content (AvgIpc) is 2.37. The van der Waals surface area contributed by atoms with E-state index in [2.05, 4.69) is 11.6 Å². The second-order valence-corrected chi connectivity index (χ2v) is 6.70. The molecular formula is C14H25N3O2S. The Morgan fingerprint density at radius 3 is 2.45 bits per heavy atom. The number of nitrogens with two attached hydrogens (primary N) is 1. The number of rotatable bonds is 8. The van der Waals surface area contributed by atoms with Crippen molar-refractivity contribution in [1.82, 2.24) is 4.72 Å². The minimum atomic E-state index is -3.50. The first kappa shape index (κ1) is 16.9. The van der Waals surface area contributed by atoms with Gasteiger partial charge in [-0.3, -0.25) is 0 Å². The smallest absolute Gasteiger partial charge is 0.242 e. The zero-order chi connectivity index (χ0) is 15.2. The van der Waals surface area contributed by atoms with Crippen molar-refractivity contribution in [3.8, 4) is 0 Å². The summed E-state index contributed by atoms with van der Waals surface area (Å²) in [5.41, 5.74) is 6.35. The molecule has 6 heteroatoms. The van der Waals surface area contributed by atoms with E-state index in [1.807, 2.05) is 30.9 Å². The number of nitrogens with one attached hydrogen (secondary N) is 1. The van der Waals surface area contributed by atoms with E-state index < -0.39 is 10.0 Å². The van der Waals surface area contributed by atoms with E-state index >= 15 is 0 Å². The van der Waals surface area contributed by atoms with Gasteiger partial charge >= 0.3 is 0 Å². The van der Waals surface area contributed by atoms with Gasteiger partial charge in [0.1, 0.15) is 4.90 Å². The molecule has 0 aliphatic rings. The maximum Gasteiger partial charge on any atom is 0.242 e. The van der Waals surface area contributed by atoms with E-state index in [9.17, 15) is 8.42 Å². The van der Waals surface area contributed by atoms with E-state index in [0.29, 0.717) is 23.7 Å². The van der Waals surface area contributed by atoms with Crippen LogP contribution in [0, 0.1) is 0 Å². The van der Waals surface area contributed by atoms with Gasteiger partial charge in [-0.25, -0.2) is 13.1 Å². The van der Waals surface area contributed by atoms with Crippen LogP contribution in [0.1, 0.15) is 27.2 Å². The lowest BCUT2D eigenvalue weighted by Crippen LogP contribution is -2.34. The van der Waals surface area contributed by atoms with Gasteiger partial charge in [-0.1, -0.05) is 19.1 Å². The molecule has 114 valence electrons. The highest BCUT2D eigenvalue weighted by Crippen LogP contribution is 2.25. The highest BCUT2D eigenvalue weighted by Gasteiger charge is 2.21. The van der Waals surface area contributed by atoms with Crippen LogP contribution >= 0.6 is 0 Å². The molecule has 0 spiro atoms. The summed E-state index contributed by atoms with van der Waals surface area (Å²) >= 11 is 0. The minimum absolute atomic E-state index is 0.137. The van der Waals surface area contributed by atoms with Crippen LogP contribution in [-0.2, 0) is 10.0 Å². The third kappa shape index (κ3) is 4.47. The van der Waals surface area contributed by atoms with Crippen molar-refractivity contribution in [2.45, 2.75) is 38.1 Å². The van der Waals surface area contributed by atoms with Gasteiger partial charge in [0.15, 0.2) is 0 Å². The highest BCUT2D eigenvalue weighted by molar-refractivity contribution is 7.89. The monoisotopic (exact) mass is 299 g/mol. The van der Waals surface area contributed by atoms with Gasteiger partial charge in [0, 0.05) is 25.7 Å². The van der Waals surface area contributed by atoms with Gasteiger partial charge < -0.3 is 10.6 Å². The molecule has 0 aliphatic heterocycles. The molecular weight excluding hydrogens is 274 g/mol. The number of hydrogen-bond acceptors (Lipinski definition) is 4.